The zero-order chi connectivity index (χ0) is 28.3. The number of pyridine rings is 1. The largest absolute Gasteiger partial charge is 0.493 e. The van der Waals surface area contributed by atoms with Crippen LogP contribution in [-0.4, -0.2) is 36.8 Å². The maximum atomic E-state index is 15.1. The lowest BCUT2D eigenvalue weighted by Gasteiger charge is -2.15. The molecule has 7 nitrogen and oxygen atoms in total. The van der Waals surface area contributed by atoms with Crippen LogP contribution in [0.3, 0.4) is 0 Å². The molecule has 1 aliphatic rings. The van der Waals surface area contributed by atoms with E-state index in [1.54, 1.807) is 42.6 Å². The van der Waals surface area contributed by atoms with Gasteiger partial charge in [-0.1, -0.05) is 18.2 Å². The molecule has 4 aromatic rings. The number of Topliss-reactive ketones (excluding diaryl/α,β-unsaturated/α-hetero) is 2. The summed E-state index contributed by atoms with van der Waals surface area (Å²) in [5, 5.41) is 0.591. The predicted octanol–water partition coefficient (Wildman–Crippen LogP) is 5.36. The molecule has 0 radical (unpaired) electrons. The fraction of sp³-hybridized carbons (Fsp3) is 0.258. The van der Waals surface area contributed by atoms with Crippen LogP contribution in [0.1, 0.15) is 24.0 Å². The molecule has 1 aromatic heterocycles. The third-order valence-electron chi connectivity index (χ3n) is 7.04. The Morgan fingerprint density at radius 2 is 1.57 bits per heavy atom. The standard InChI is InChI=1S/C31H28F2N2O5/c1-38-27-17-22-24(18-28(27)39-13-11-34)35-12-8-25(22)40-26-7-4-20(14-23(26)33)16-30(37)31(9-10-31)29(36)15-19-2-5-21(32)6-3-19/h2-8,12,14,17-18H,9-11,13,15-16,34H2,1H3. The van der Waals surface area contributed by atoms with E-state index in [2.05, 4.69) is 4.98 Å². The van der Waals surface area contributed by atoms with E-state index >= 15 is 4.39 Å². The number of methoxy groups -OCH3 is 1. The first-order valence-electron chi connectivity index (χ1n) is 12.9. The van der Waals surface area contributed by atoms with E-state index in [0.717, 1.165) is 0 Å². The SMILES string of the molecule is COc1cc2c(Oc3ccc(CC(=O)C4(C(=O)Cc5ccc(F)cc5)CC4)cc3F)ccnc2cc1OCCN. The van der Waals surface area contributed by atoms with Crippen LogP contribution in [0.4, 0.5) is 8.78 Å². The molecular formula is C31H28F2N2O5. The Kier molecular flexibility index (Phi) is 7.75. The molecule has 3 aromatic carbocycles. The minimum atomic E-state index is -1.05. The Bertz CT molecular complexity index is 1570. The Balaban J connectivity index is 1.30. The van der Waals surface area contributed by atoms with E-state index in [0.29, 0.717) is 65.3 Å². The Morgan fingerprint density at radius 3 is 2.23 bits per heavy atom. The van der Waals surface area contributed by atoms with Crippen molar-refractivity contribution in [2.45, 2.75) is 25.7 Å². The molecular weight excluding hydrogens is 518 g/mol. The first-order valence-corrected chi connectivity index (χ1v) is 12.9. The number of aromatic nitrogens is 1. The van der Waals surface area contributed by atoms with Gasteiger partial charge in [-0.05, 0) is 60.4 Å². The first kappa shape index (κ1) is 27.2. The predicted molar refractivity (Wildman–Crippen MR) is 145 cm³/mol. The molecule has 1 aliphatic carbocycles. The molecule has 1 fully saturated rings. The van der Waals surface area contributed by atoms with Crippen molar-refractivity contribution in [3.63, 3.8) is 0 Å². The lowest BCUT2D eigenvalue weighted by atomic mass is 9.88. The first-order chi connectivity index (χ1) is 19.3. The summed E-state index contributed by atoms with van der Waals surface area (Å²) in [7, 11) is 1.51. The number of hydrogen-bond acceptors (Lipinski definition) is 7. The van der Waals surface area contributed by atoms with E-state index in [4.69, 9.17) is 19.9 Å². The highest BCUT2D eigenvalue weighted by atomic mass is 19.1. The molecule has 1 heterocycles. The van der Waals surface area contributed by atoms with Crippen molar-refractivity contribution in [1.29, 1.82) is 0 Å². The fourth-order valence-corrected chi connectivity index (χ4v) is 4.66. The molecule has 2 N–H and O–H groups in total. The van der Waals surface area contributed by atoms with Crippen LogP contribution >= 0.6 is 0 Å². The number of rotatable bonds is 12. The van der Waals surface area contributed by atoms with Gasteiger partial charge in [0.05, 0.1) is 18.0 Å². The van der Waals surface area contributed by atoms with Crippen molar-refractivity contribution in [3.05, 3.63) is 89.6 Å². The number of carbonyl (C=O) groups excluding carboxylic acids is 2. The number of ketones is 2. The van der Waals surface area contributed by atoms with E-state index in [9.17, 15) is 14.0 Å². The molecule has 0 aliphatic heterocycles. The van der Waals surface area contributed by atoms with Gasteiger partial charge in [-0.15, -0.1) is 0 Å². The second-order valence-electron chi connectivity index (χ2n) is 9.74. The minimum absolute atomic E-state index is 0.0281. The van der Waals surface area contributed by atoms with Gasteiger partial charge in [0.25, 0.3) is 0 Å². The third kappa shape index (κ3) is 5.65. The van der Waals surface area contributed by atoms with E-state index in [1.807, 2.05) is 0 Å². The van der Waals surface area contributed by atoms with Crippen molar-refractivity contribution in [3.8, 4) is 23.0 Å². The Labute approximate surface area is 229 Å². The zero-order valence-corrected chi connectivity index (χ0v) is 21.9. The van der Waals surface area contributed by atoms with Crippen molar-refractivity contribution in [2.24, 2.45) is 11.1 Å². The summed E-state index contributed by atoms with van der Waals surface area (Å²) < 4.78 is 45.3. The number of hydrogen-bond donors (Lipinski definition) is 1. The van der Waals surface area contributed by atoms with Gasteiger partial charge in [-0.3, -0.25) is 14.6 Å². The molecule has 0 spiro atoms. The van der Waals surface area contributed by atoms with Crippen molar-refractivity contribution in [1.82, 2.24) is 4.98 Å². The normalized spacial score (nSPS) is 13.6. The number of benzene rings is 3. The second-order valence-corrected chi connectivity index (χ2v) is 9.74. The summed E-state index contributed by atoms with van der Waals surface area (Å²) in [6, 6.07) is 15.0. The minimum Gasteiger partial charge on any atom is -0.493 e. The maximum absolute atomic E-state index is 15.1. The molecule has 0 amide bonds. The molecule has 40 heavy (non-hydrogen) atoms. The van der Waals surface area contributed by atoms with Gasteiger partial charge >= 0.3 is 0 Å². The number of carbonyl (C=O) groups is 2. The molecule has 9 heteroatoms. The zero-order valence-electron chi connectivity index (χ0n) is 21.9. The Hall–Kier alpha value is -4.37. The smallest absolute Gasteiger partial charge is 0.166 e. The molecule has 0 bridgehead atoms. The number of halogens is 2. The summed E-state index contributed by atoms with van der Waals surface area (Å²) in [5.74, 6) is -0.201. The summed E-state index contributed by atoms with van der Waals surface area (Å²) >= 11 is 0. The number of fused-ring (bicyclic) bond motifs is 1. The van der Waals surface area contributed by atoms with Crippen molar-refractivity contribution < 1.29 is 32.6 Å². The number of ether oxygens (including phenoxy) is 3. The maximum Gasteiger partial charge on any atom is 0.166 e. The summed E-state index contributed by atoms with van der Waals surface area (Å²) in [4.78, 5) is 30.4. The summed E-state index contributed by atoms with van der Waals surface area (Å²) in [6.45, 7) is 0.646. The van der Waals surface area contributed by atoms with E-state index < -0.39 is 11.2 Å². The monoisotopic (exact) mass is 546 g/mol. The lowest BCUT2D eigenvalue weighted by molar-refractivity contribution is -0.133. The van der Waals surface area contributed by atoms with Gasteiger partial charge < -0.3 is 19.9 Å². The second kappa shape index (κ2) is 11.4. The third-order valence-corrected chi connectivity index (χ3v) is 7.04. The van der Waals surface area contributed by atoms with Gasteiger partial charge in [0.2, 0.25) is 0 Å². The van der Waals surface area contributed by atoms with E-state index in [1.165, 1.54) is 31.4 Å². The van der Waals surface area contributed by atoms with Crippen LogP contribution < -0.4 is 19.9 Å². The number of nitrogens with zero attached hydrogens (tertiary/aromatic N) is 1. The molecule has 1 saturated carbocycles. The topological polar surface area (TPSA) is 101 Å². The van der Waals surface area contributed by atoms with Gasteiger partial charge in [0.15, 0.2) is 34.6 Å². The molecule has 0 atom stereocenters. The van der Waals surface area contributed by atoms with Crippen LogP contribution in [0.15, 0.2) is 66.9 Å². The van der Waals surface area contributed by atoms with Gasteiger partial charge in [0, 0.05) is 37.0 Å². The van der Waals surface area contributed by atoms with Crippen LogP contribution in [0.2, 0.25) is 0 Å². The van der Waals surface area contributed by atoms with Crippen LogP contribution in [0.25, 0.3) is 10.9 Å². The van der Waals surface area contributed by atoms with Crippen molar-refractivity contribution >= 4 is 22.5 Å². The number of nitrogens with two attached hydrogens (primary N) is 1. The average Bonchev–Trinajstić information content (AvgIpc) is 3.77. The fourth-order valence-electron chi connectivity index (χ4n) is 4.66. The molecule has 5 rings (SSSR count). The highest BCUT2D eigenvalue weighted by Crippen LogP contribution is 2.49. The van der Waals surface area contributed by atoms with Crippen LogP contribution in [0, 0.1) is 17.0 Å². The lowest BCUT2D eigenvalue weighted by Crippen LogP contribution is -2.28. The van der Waals surface area contributed by atoms with E-state index in [-0.39, 0.29) is 36.0 Å². The molecule has 0 saturated heterocycles. The average molecular weight is 547 g/mol. The Morgan fingerprint density at radius 1 is 0.875 bits per heavy atom. The van der Waals surface area contributed by atoms with Crippen molar-refractivity contribution in [2.75, 3.05) is 20.3 Å². The van der Waals surface area contributed by atoms with Crippen LogP contribution in [0.5, 0.6) is 23.0 Å². The summed E-state index contributed by atoms with van der Waals surface area (Å²) in [5.41, 5.74) is 6.13. The van der Waals surface area contributed by atoms with Gasteiger partial charge in [0.1, 0.15) is 18.2 Å². The molecule has 206 valence electrons. The van der Waals surface area contributed by atoms with Gasteiger partial charge in [-0.25, -0.2) is 8.78 Å². The van der Waals surface area contributed by atoms with Gasteiger partial charge in [-0.2, -0.15) is 0 Å². The highest BCUT2D eigenvalue weighted by molar-refractivity contribution is 6.10. The quantitative estimate of drug-likeness (QED) is 0.239. The molecule has 0 unspecified atom stereocenters. The van der Waals surface area contributed by atoms with Crippen LogP contribution in [-0.2, 0) is 22.4 Å². The highest BCUT2D eigenvalue weighted by Gasteiger charge is 2.54. The summed E-state index contributed by atoms with van der Waals surface area (Å²) in [6.07, 6.45) is 2.45.